The number of esters is 1. The number of aromatic nitrogens is 4. The molecule has 0 atom stereocenters. The highest BCUT2D eigenvalue weighted by atomic mass is 35.5. The lowest BCUT2D eigenvalue weighted by Crippen LogP contribution is -2.16. The molecule has 0 saturated heterocycles. The van der Waals surface area contributed by atoms with Crippen LogP contribution in [0, 0.1) is 0 Å². The molecule has 10 heteroatoms. The topological polar surface area (TPSA) is 95.1 Å². The molecule has 0 aliphatic heterocycles. The number of nitrogens with zero attached hydrogens (tertiary/aromatic N) is 4. The van der Waals surface area contributed by atoms with Gasteiger partial charge in [0.15, 0.2) is 0 Å². The van der Waals surface area contributed by atoms with Crippen molar-refractivity contribution in [3.05, 3.63) is 78.1 Å². The predicted octanol–water partition coefficient (Wildman–Crippen LogP) is 4.40. The molecule has 0 unspecified atom stereocenters. The maximum Gasteiger partial charge on any atom is 0.338 e. The minimum absolute atomic E-state index is 0. The van der Waals surface area contributed by atoms with E-state index in [9.17, 15) is 4.79 Å². The second kappa shape index (κ2) is 12.2. The van der Waals surface area contributed by atoms with E-state index in [1.807, 2.05) is 54.6 Å². The Morgan fingerprint density at radius 1 is 1.09 bits per heavy atom. The van der Waals surface area contributed by atoms with Gasteiger partial charge in [0.25, 0.3) is 0 Å². The van der Waals surface area contributed by atoms with E-state index in [1.165, 1.54) is 0 Å². The van der Waals surface area contributed by atoms with Crippen molar-refractivity contribution in [1.82, 2.24) is 25.5 Å². The second-order valence-electron chi connectivity index (χ2n) is 6.80. The molecular formula is C23H24ClN5O3S. The molecule has 2 aromatic carbocycles. The molecule has 1 N–H and O–H groups in total. The summed E-state index contributed by atoms with van der Waals surface area (Å²) in [5, 5.41) is 16.1. The summed E-state index contributed by atoms with van der Waals surface area (Å²) in [6.07, 6.45) is 0. The Bertz CT molecular complexity index is 1150. The highest BCUT2D eigenvalue weighted by Crippen LogP contribution is 2.23. The average Bonchev–Trinajstić information content (AvgIpc) is 3.50. The first-order valence-corrected chi connectivity index (χ1v) is 11.3. The van der Waals surface area contributed by atoms with Gasteiger partial charge in [0, 0.05) is 17.9 Å². The highest BCUT2D eigenvalue weighted by Gasteiger charge is 2.10. The minimum atomic E-state index is -0.320. The van der Waals surface area contributed by atoms with E-state index in [-0.39, 0.29) is 18.4 Å². The highest BCUT2D eigenvalue weighted by molar-refractivity contribution is 7.99. The van der Waals surface area contributed by atoms with E-state index < -0.39 is 0 Å². The lowest BCUT2D eigenvalue weighted by atomic mass is 10.1. The third-order valence-electron chi connectivity index (χ3n) is 4.59. The SMILES string of the molecule is CCOC(=O)c1ccc(-c2ccc(CNCCSc3nnnn3-c3ccccc3)o2)cc1.Cl. The van der Waals surface area contributed by atoms with Gasteiger partial charge < -0.3 is 14.5 Å². The number of carbonyl (C=O) groups is 1. The smallest absolute Gasteiger partial charge is 0.338 e. The molecule has 0 radical (unpaired) electrons. The van der Waals surface area contributed by atoms with Gasteiger partial charge in [0.1, 0.15) is 11.5 Å². The fourth-order valence-corrected chi connectivity index (χ4v) is 3.83. The summed E-state index contributed by atoms with van der Waals surface area (Å²) >= 11 is 1.59. The van der Waals surface area contributed by atoms with Crippen LogP contribution < -0.4 is 5.32 Å². The fraction of sp³-hybridized carbons (Fsp3) is 0.217. The van der Waals surface area contributed by atoms with E-state index in [2.05, 4.69) is 20.8 Å². The van der Waals surface area contributed by atoms with Gasteiger partial charge in [0.05, 0.1) is 24.4 Å². The molecular weight excluding hydrogens is 462 g/mol. The monoisotopic (exact) mass is 485 g/mol. The molecule has 33 heavy (non-hydrogen) atoms. The van der Waals surface area contributed by atoms with Crippen molar-refractivity contribution in [2.45, 2.75) is 18.6 Å². The Morgan fingerprint density at radius 2 is 1.88 bits per heavy atom. The summed E-state index contributed by atoms with van der Waals surface area (Å²) in [6.45, 7) is 3.54. The first kappa shape index (κ1) is 24.5. The minimum Gasteiger partial charge on any atom is -0.462 e. The normalized spacial score (nSPS) is 10.6. The van der Waals surface area contributed by atoms with Crippen molar-refractivity contribution in [3.8, 4) is 17.0 Å². The molecule has 172 valence electrons. The maximum absolute atomic E-state index is 11.8. The summed E-state index contributed by atoms with van der Waals surface area (Å²) < 4.78 is 12.7. The largest absolute Gasteiger partial charge is 0.462 e. The Labute approximate surface area is 202 Å². The third kappa shape index (κ3) is 6.44. The lowest BCUT2D eigenvalue weighted by molar-refractivity contribution is 0.0526. The third-order valence-corrected chi connectivity index (χ3v) is 5.51. The van der Waals surface area contributed by atoms with Crippen LogP contribution in [0.5, 0.6) is 0 Å². The molecule has 0 aliphatic rings. The Morgan fingerprint density at radius 3 is 2.64 bits per heavy atom. The number of carbonyl (C=O) groups excluding carboxylic acids is 1. The molecule has 8 nitrogen and oxygen atoms in total. The van der Waals surface area contributed by atoms with Crippen LogP contribution in [-0.4, -0.2) is 45.1 Å². The number of rotatable bonds is 10. The van der Waals surface area contributed by atoms with Crippen LogP contribution in [0.4, 0.5) is 0 Å². The summed E-state index contributed by atoms with van der Waals surface area (Å²) in [5.41, 5.74) is 2.37. The molecule has 2 heterocycles. The number of tetrazole rings is 1. The van der Waals surface area contributed by atoms with Gasteiger partial charge in [0.2, 0.25) is 5.16 Å². The standard InChI is InChI=1S/C23H23N5O3S.ClH/c1-2-30-22(29)18-10-8-17(9-11-18)21-13-12-20(31-21)16-24-14-15-32-23-25-26-27-28(23)19-6-4-3-5-7-19;/h3-13,24H,2,14-16H2,1H3;1H. The number of furan rings is 1. The quantitative estimate of drug-likeness (QED) is 0.200. The van der Waals surface area contributed by atoms with E-state index in [0.29, 0.717) is 18.7 Å². The predicted molar refractivity (Wildman–Crippen MR) is 129 cm³/mol. The van der Waals surface area contributed by atoms with Crippen molar-refractivity contribution in [2.24, 2.45) is 0 Å². The van der Waals surface area contributed by atoms with Gasteiger partial charge in [-0.2, -0.15) is 4.68 Å². The number of hydrogen-bond acceptors (Lipinski definition) is 8. The van der Waals surface area contributed by atoms with Crippen molar-refractivity contribution in [1.29, 1.82) is 0 Å². The maximum atomic E-state index is 11.8. The molecule has 4 rings (SSSR count). The molecule has 0 saturated carbocycles. The van der Waals surface area contributed by atoms with Crippen molar-refractivity contribution >= 4 is 30.1 Å². The zero-order valence-corrected chi connectivity index (χ0v) is 19.6. The number of ether oxygens (including phenoxy) is 1. The number of benzene rings is 2. The summed E-state index contributed by atoms with van der Waals surface area (Å²) in [5.74, 6) is 2.09. The first-order chi connectivity index (χ1) is 15.7. The van der Waals surface area contributed by atoms with Crippen LogP contribution in [0.2, 0.25) is 0 Å². The van der Waals surface area contributed by atoms with Gasteiger partial charge in [-0.3, -0.25) is 0 Å². The molecule has 2 aromatic heterocycles. The van der Waals surface area contributed by atoms with Crippen molar-refractivity contribution < 1.29 is 13.9 Å². The molecule has 0 fully saturated rings. The van der Waals surface area contributed by atoms with Gasteiger partial charge >= 0.3 is 5.97 Å². The second-order valence-corrected chi connectivity index (χ2v) is 7.86. The van der Waals surface area contributed by atoms with Crippen LogP contribution in [0.1, 0.15) is 23.0 Å². The van der Waals surface area contributed by atoms with Crippen LogP contribution in [0.25, 0.3) is 17.0 Å². The van der Waals surface area contributed by atoms with Crippen LogP contribution in [0.15, 0.2) is 76.3 Å². The van der Waals surface area contributed by atoms with E-state index in [0.717, 1.165) is 40.2 Å². The van der Waals surface area contributed by atoms with Crippen molar-refractivity contribution in [3.63, 3.8) is 0 Å². The molecule has 0 amide bonds. The Hall–Kier alpha value is -3.14. The van der Waals surface area contributed by atoms with E-state index in [1.54, 1.807) is 35.5 Å². The number of hydrogen-bond donors (Lipinski definition) is 1. The van der Waals surface area contributed by atoms with Crippen molar-refractivity contribution in [2.75, 3.05) is 18.9 Å². The van der Waals surface area contributed by atoms with Crippen LogP contribution in [0.3, 0.4) is 0 Å². The molecule has 0 spiro atoms. The van der Waals surface area contributed by atoms with Gasteiger partial charge in [-0.15, -0.1) is 17.5 Å². The number of halogens is 1. The first-order valence-electron chi connectivity index (χ1n) is 10.3. The summed E-state index contributed by atoms with van der Waals surface area (Å²) in [4.78, 5) is 11.8. The van der Waals surface area contributed by atoms with Crippen LogP contribution in [-0.2, 0) is 11.3 Å². The Kier molecular flexibility index (Phi) is 9.05. The van der Waals surface area contributed by atoms with E-state index >= 15 is 0 Å². The average molecular weight is 486 g/mol. The molecule has 0 bridgehead atoms. The fourth-order valence-electron chi connectivity index (χ4n) is 3.04. The van der Waals surface area contributed by atoms with Gasteiger partial charge in [-0.1, -0.05) is 42.1 Å². The summed E-state index contributed by atoms with van der Waals surface area (Å²) in [6, 6.07) is 20.9. The zero-order valence-electron chi connectivity index (χ0n) is 18.0. The Balaban J connectivity index is 0.00000306. The molecule has 0 aliphatic carbocycles. The summed E-state index contributed by atoms with van der Waals surface area (Å²) in [7, 11) is 0. The number of para-hydroxylation sites is 1. The van der Waals surface area contributed by atoms with Gasteiger partial charge in [-0.05, 0) is 53.7 Å². The van der Waals surface area contributed by atoms with Crippen LogP contribution >= 0.6 is 24.2 Å². The number of nitrogens with one attached hydrogen (secondary N) is 1. The van der Waals surface area contributed by atoms with E-state index in [4.69, 9.17) is 9.15 Å². The van der Waals surface area contributed by atoms with Gasteiger partial charge in [-0.25, -0.2) is 4.79 Å². The molecule has 4 aromatic rings. The number of thioether (sulfide) groups is 1. The zero-order chi connectivity index (χ0) is 22.2. The lowest BCUT2D eigenvalue weighted by Gasteiger charge is -2.05.